The molecule has 1 aromatic heterocycles. The predicted molar refractivity (Wildman–Crippen MR) is 154 cm³/mol. The maximum atomic E-state index is 13.1. The third-order valence-electron chi connectivity index (χ3n) is 7.04. The summed E-state index contributed by atoms with van der Waals surface area (Å²) < 4.78 is 69.3. The quantitative estimate of drug-likeness (QED) is 0.200. The Kier molecular flexibility index (Phi) is 9.27. The van der Waals surface area contributed by atoms with Gasteiger partial charge in [-0.15, -0.1) is 0 Å². The number of hydrogen-bond acceptors (Lipinski definition) is 5. The molecule has 1 N–H and O–H groups in total. The van der Waals surface area contributed by atoms with Gasteiger partial charge >= 0.3 is 12.1 Å². The van der Waals surface area contributed by atoms with Crippen molar-refractivity contribution in [1.82, 2.24) is 4.90 Å². The molecule has 0 saturated heterocycles. The van der Waals surface area contributed by atoms with Crippen molar-refractivity contribution in [2.24, 2.45) is 0 Å². The van der Waals surface area contributed by atoms with Crippen LogP contribution in [0.15, 0.2) is 82.1 Å². The van der Waals surface area contributed by atoms with Gasteiger partial charge in [0.2, 0.25) is 5.76 Å². The van der Waals surface area contributed by atoms with Crippen LogP contribution in [0.4, 0.5) is 13.2 Å². The third kappa shape index (κ3) is 7.89. The molecule has 4 aromatic rings. The second-order valence-electron chi connectivity index (χ2n) is 10.5. The zero-order chi connectivity index (χ0) is 30.7. The van der Waals surface area contributed by atoms with Crippen molar-refractivity contribution in [3.8, 4) is 11.1 Å². The van der Waals surface area contributed by atoms with Crippen LogP contribution in [0.2, 0.25) is 0 Å². The molecule has 0 aliphatic rings. The first kappa shape index (κ1) is 31.1. The highest BCUT2D eigenvalue weighted by Gasteiger charge is 2.34. The van der Waals surface area contributed by atoms with E-state index in [0.717, 1.165) is 17.2 Å². The molecule has 222 valence electrons. The Morgan fingerprint density at radius 1 is 0.881 bits per heavy atom. The van der Waals surface area contributed by atoms with Crippen LogP contribution in [0, 0.1) is 20.8 Å². The normalized spacial score (nSPS) is 12.2. The Hall–Kier alpha value is -3.89. The van der Waals surface area contributed by atoms with E-state index in [9.17, 15) is 26.4 Å². The zero-order valence-corrected chi connectivity index (χ0v) is 24.3. The number of carboxylic acids is 1. The van der Waals surface area contributed by atoms with Crippen molar-refractivity contribution in [2.45, 2.75) is 51.4 Å². The largest absolute Gasteiger partial charge is 0.480 e. The van der Waals surface area contributed by atoms with Crippen molar-refractivity contribution < 1.29 is 35.9 Å². The molecule has 0 saturated carbocycles. The molecule has 0 amide bonds. The maximum absolute atomic E-state index is 13.1. The Balaban J connectivity index is 1.55. The van der Waals surface area contributed by atoms with Gasteiger partial charge in [0.1, 0.15) is 5.76 Å². The number of sulfone groups is 1. The minimum Gasteiger partial charge on any atom is -0.480 e. The predicted octanol–water partition coefficient (Wildman–Crippen LogP) is 6.99. The van der Waals surface area contributed by atoms with E-state index in [0.29, 0.717) is 25.1 Å². The number of nitrogens with zero attached hydrogens (tertiary/aromatic N) is 1. The van der Waals surface area contributed by atoms with Crippen LogP contribution in [0.25, 0.3) is 11.1 Å². The molecule has 0 spiro atoms. The lowest BCUT2D eigenvalue weighted by atomic mass is 9.97. The van der Waals surface area contributed by atoms with Crippen LogP contribution in [0.5, 0.6) is 0 Å². The molecule has 0 fully saturated rings. The summed E-state index contributed by atoms with van der Waals surface area (Å²) >= 11 is 0. The van der Waals surface area contributed by atoms with Gasteiger partial charge in [-0.05, 0) is 84.8 Å². The first-order valence-electron chi connectivity index (χ1n) is 13.3. The van der Waals surface area contributed by atoms with E-state index in [1.54, 1.807) is 12.1 Å². The van der Waals surface area contributed by atoms with Crippen molar-refractivity contribution >= 4 is 15.8 Å². The lowest BCUT2D eigenvalue weighted by Crippen LogP contribution is -2.25. The highest BCUT2D eigenvalue weighted by molar-refractivity contribution is 7.92. The van der Waals surface area contributed by atoms with Gasteiger partial charge in [-0.2, -0.15) is 13.2 Å². The van der Waals surface area contributed by atoms with Crippen LogP contribution in [0.1, 0.15) is 39.3 Å². The van der Waals surface area contributed by atoms with E-state index in [1.807, 2.05) is 36.1 Å². The highest BCUT2D eigenvalue weighted by Crippen LogP contribution is 2.31. The molecule has 0 bridgehead atoms. The molecule has 6 nitrogen and oxygen atoms in total. The molecule has 10 heteroatoms. The number of aryl methyl sites for hydroxylation is 3. The molecule has 42 heavy (non-hydrogen) atoms. The molecule has 1 heterocycles. The van der Waals surface area contributed by atoms with Crippen LogP contribution >= 0.6 is 0 Å². The molecule has 0 aliphatic carbocycles. The minimum atomic E-state index is -4.56. The fourth-order valence-electron chi connectivity index (χ4n) is 5.10. The van der Waals surface area contributed by atoms with Gasteiger partial charge in [-0.1, -0.05) is 54.1 Å². The van der Waals surface area contributed by atoms with E-state index < -0.39 is 33.5 Å². The molecule has 0 atom stereocenters. The van der Waals surface area contributed by atoms with E-state index in [1.165, 1.54) is 40.5 Å². The van der Waals surface area contributed by atoms with Gasteiger partial charge < -0.3 is 9.52 Å². The van der Waals surface area contributed by atoms with Crippen molar-refractivity contribution in [3.05, 3.63) is 112 Å². The molecule has 0 radical (unpaired) electrons. The zero-order valence-electron chi connectivity index (χ0n) is 23.5. The monoisotopic (exact) mass is 599 g/mol. The first-order chi connectivity index (χ1) is 19.7. The third-order valence-corrected chi connectivity index (χ3v) is 8.64. The summed E-state index contributed by atoms with van der Waals surface area (Å²) in [5.74, 6) is -3.23. The second-order valence-corrected chi connectivity index (χ2v) is 12.5. The second kappa shape index (κ2) is 12.5. The Morgan fingerprint density at radius 3 is 2.14 bits per heavy atom. The molecule has 0 aliphatic heterocycles. The summed E-state index contributed by atoms with van der Waals surface area (Å²) in [6, 6.07) is 20.1. The summed E-state index contributed by atoms with van der Waals surface area (Å²) in [7, 11) is -3.97. The van der Waals surface area contributed by atoms with Gasteiger partial charge in [-0.3, -0.25) is 9.69 Å². The van der Waals surface area contributed by atoms with Crippen molar-refractivity contribution in [1.29, 1.82) is 0 Å². The number of halogens is 3. The smallest absolute Gasteiger partial charge is 0.449 e. The SMILES string of the molecule is Cc1cc(C)c(CCN(Cc2ccc(-c3cccc(S(=O)(=O)CC(=O)O)c3)cc2)Cc2ccc(C(F)(F)F)o2)c(C)c1. The first-order valence-corrected chi connectivity index (χ1v) is 15.0. The standard InChI is InChI=1S/C32H32F3NO5S/c1-21-15-22(2)29(23(3)16-21)13-14-36(19-27-11-12-30(41-27)32(33,34)35)18-24-7-9-25(10-8-24)26-5-4-6-28(17-26)42(39,40)20-31(37)38/h4-12,15-17H,13-14,18-20H2,1-3H3,(H,37,38). The van der Waals surface area contributed by atoms with Crippen LogP contribution in [0.3, 0.4) is 0 Å². The summed E-state index contributed by atoms with van der Waals surface area (Å²) in [5.41, 5.74) is 6.98. The lowest BCUT2D eigenvalue weighted by Gasteiger charge is -2.23. The molecular weight excluding hydrogens is 567 g/mol. The number of rotatable bonds is 11. The summed E-state index contributed by atoms with van der Waals surface area (Å²) in [6.45, 7) is 7.37. The van der Waals surface area contributed by atoms with E-state index in [-0.39, 0.29) is 17.2 Å². The maximum Gasteiger partial charge on any atom is 0.449 e. The average molecular weight is 600 g/mol. The molecule has 3 aromatic carbocycles. The molecule has 4 rings (SSSR count). The Bertz CT molecular complexity index is 1650. The number of aliphatic carboxylic acids is 1. The number of carboxylic acid groups (broad SMARTS) is 1. The molecular formula is C32H32F3NO5S. The molecule has 0 unspecified atom stereocenters. The van der Waals surface area contributed by atoms with Crippen molar-refractivity contribution in [3.63, 3.8) is 0 Å². The fourth-order valence-corrected chi connectivity index (χ4v) is 6.18. The number of carbonyl (C=O) groups is 1. The van der Waals surface area contributed by atoms with Gasteiger partial charge in [0, 0.05) is 13.1 Å². The van der Waals surface area contributed by atoms with Gasteiger partial charge in [0.05, 0.1) is 11.4 Å². The van der Waals surface area contributed by atoms with Crippen LogP contribution in [-0.4, -0.2) is 36.7 Å². The summed E-state index contributed by atoms with van der Waals surface area (Å²) in [4.78, 5) is 12.9. The summed E-state index contributed by atoms with van der Waals surface area (Å²) in [6.07, 6.45) is -3.85. The van der Waals surface area contributed by atoms with E-state index in [2.05, 4.69) is 26.0 Å². The van der Waals surface area contributed by atoms with Gasteiger partial charge in [-0.25, -0.2) is 8.42 Å². The van der Waals surface area contributed by atoms with Gasteiger partial charge in [0.25, 0.3) is 0 Å². The van der Waals surface area contributed by atoms with Crippen LogP contribution < -0.4 is 0 Å². The van der Waals surface area contributed by atoms with E-state index in [4.69, 9.17) is 9.52 Å². The topological polar surface area (TPSA) is 87.8 Å². The van der Waals surface area contributed by atoms with E-state index >= 15 is 0 Å². The van der Waals surface area contributed by atoms with Crippen LogP contribution in [-0.2, 0) is 40.3 Å². The lowest BCUT2D eigenvalue weighted by molar-refractivity contribution is -0.153. The fraction of sp³-hybridized carbons (Fsp3) is 0.281. The Morgan fingerprint density at radius 2 is 1.55 bits per heavy atom. The minimum absolute atomic E-state index is 0.0731. The summed E-state index contributed by atoms with van der Waals surface area (Å²) in [5, 5.41) is 8.93. The number of hydrogen-bond donors (Lipinski definition) is 1. The number of furan rings is 1. The number of benzene rings is 3. The average Bonchev–Trinajstić information content (AvgIpc) is 3.37. The Labute approximate surface area is 243 Å². The van der Waals surface area contributed by atoms with Gasteiger partial charge in [0.15, 0.2) is 15.6 Å². The van der Waals surface area contributed by atoms with Crippen molar-refractivity contribution in [2.75, 3.05) is 12.3 Å². The number of alkyl halides is 3. The highest BCUT2D eigenvalue weighted by atomic mass is 32.2.